The minimum absolute atomic E-state index is 0.00121. The Bertz CT molecular complexity index is 1360. The summed E-state index contributed by atoms with van der Waals surface area (Å²) in [4.78, 5) is 69.3. The average Bonchev–Trinajstić information content (AvgIpc) is 3.71. The van der Waals surface area contributed by atoms with Crippen LogP contribution < -0.4 is 11.1 Å². The Labute approximate surface area is 258 Å². The van der Waals surface area contributed by atoms with Crippen LogP contribution in [0.2, 0.25) is 0 Å². The maximum absolute atomic E-state index is 13.3. The van der Waals surface area contributed by atoms with Gasteiger partial charge in [-0.1, -0.05) is 13.8 Å². The molecule has 5 heterocycles. The van der Waals surface area contributed by atoms with E-state index in [2.05, 4.69) is 20.8 Å². The van der Waals surface area contributed by atoms with Crippen molar-refractivity contribution in [2.75, 3.05) is 32.7 Å². The quantitative estimate of drug-likeness (QED) is 0.123. The zero-order chi connectivity index (χ0) is 31.7. The number of nitrogens with one attached hydrogen (secondary N) is 2. The summed E-state index contributed by atoms with van der Waals surface area (Å²) in [7, 11) is 0. The number of aliphatic carboxylic acids is 1. The van der Waals surface area contributed by atoms with Gasteiger partial charge in [0.1, 0.15) is 18.6 Å². The van der Waals surface area contributed by atoms with Crippen molar-refractivity contribution in [2.24, 2.45) is 23.5 Å². The van der Waals surface area contributed by atoms with Gasteiger partial charge in [0.15, 0.2) is 5.78 Å². The third-order valence-electron chi connectivity index (χ3n) is 8.92. The van der Waals surface area contributed by atoms with Gasteiger partial charge in [0.05, 0.1) is 23.8 Å². The summed E-state index contributed by atoms with van der Waals surface area (Å²) in [6.07, 6.45) is 2.41. The summed E-state index contributed by atoms with van der Waals surface area (Å²) in [6, 6.07) is -0.760. The predicted octanol–water partition coefficient (Wildman–Crippen LogP) is -1.11. The number of tetrazole rings is 1. The van der Waals surface area contributed by atoms with Crippen molar-refractivity contribution in [2.45, 2.75) is 63.4 Å². The Morgan fingerprint density at radius 3 is 2.52 bits per heavy atom. The second kappa shape index (κ2) is 13.0. The molecule has 16 nitrogen and oxygen atoms in total. The van der Waals surface area contributed by atoms with E-state index in [0.717, 1.165) is 0 Å². The van der Waals surface area contributed by atoms with Gasteiger partial charge in [-0.05, 0) is 22.8 Å². The van der Waals surface area contributed by atoms with Gasteiger partial charge in [-0.3, -0.25) is 24.6 Å². The van der Waals surface area contributed by atoms with Crippen molar-refractivity contribution in [3.63, 3.8) is 0 Å². The first-order valence-corrected chi connectivity index (χ1v) is 15.7. The van der Waals surface area contributed by atoms with Crippen LogP contribution in [0.3, 0.4) is 0 Å². The molecule has 44 heavy (non-hydrogen) atoms. The van der Waals surface area contributed by atoms with Crippen molar-refractivity contribution in [3.05, 3.63) is 16.9 Å². The highest BCUT2D eigenvalue weighted by molar-refractivity contribution is 8.03. The highest BCUT2D eigenvalue weighted by atomic mass is 32.2. The molecule has 0 unspecified atom stereocenters. The lowest BCUT2D eigenvalue weighted by atomic mass is 9.73. The number of thioether (sulfide) groups is 1. The van der Waals surface area contributed by atoms with Crippen LogP contribution in [0, 0.1) is 23.2 Å². The van der Waals surface area contributed by atoms with Gasteiger partial charge in [0.25, 0.3) is 0 Å². The van der Waals surface area contributed by atoms with E-state index in [-0.39, 0.29) is 84.0 Å². The van der Waals surface area contributed by atoms with Crippen LogP contribution in [0.5, 0.6) is 0 Å². The van der Waals surface area contributed by atoms with E-state index < -0.39 is 17.9 Å². The fourth-order valence-electron chi connectivity index (χ4n) is 6.71. The number of amidine groups is 1. The summed E-state index contributed by atoms with van der Waals surface area (Å²) in [5.74, 6) is -2.69. The number of ketones is 1. The van der Waals surface area contributed by atoms with Gasteiger partial charge < -0.3 is 30.9 Å². The Morgan fingerprint density at radius 2 is 1.89 bits per heavy atom. The summed E-state index contributed by atoms with van der Waals surface area (Å²) in [6.45, 7) is 5.97. The monoisotopic (exact) mass is 630 g/mol. The van der Waals surface area contributed by atoms with Gasteiger partial charge in [0, 0.05) is 68.1 Å². The number of nitrogens with two attached hydrogens (primary N) is 1. The second-order valence-corrected chi connectivity index (χ2v) is 13.3. The highest BCUT2D eigenvalue weighted by Crippen LogP contribution is 2.53. The lowest BCUT2D eigenvalue weighted by Gasteiger charge is -2.47. The summed E-state index contributed by atoms with van der Waals surface area (Å²) in [5, 5.41) is 31.4. The summed E-state index contributed by atoms with van der Waals surface area (Å²) < 4.78 is 1.33. The first-order valence-electron chi connectivity index (χ1n) is 14.8. The van der Waals surface area contributed by atoms with Crippen LogP contribution in [0.1, 0.15) is 39.5 Å². The van der Waals surface area contributed by atoms with Crippen molar-refractivity contribution in [1.29, 1.82) is 5.41 Å². The Morgan fingerprint density at radius 1 is 1.18 bits per heavy atom. The van der Waals surface area contributed by atoms with Gasteiger partial charge >= 0.3 is 5.97 Å². The number of carboxylic acid groups (broad SMARTS) is 1. The molecule has 1 aromatic rings. The molecule has 5 N–H and O–H groups in total. The highest BCUT2D eigenvalue weighted by Gasteiger charge is 2.60. The molecular formula is C27H38N10O6S. The first kappa shape index (κ1) is 31.6. The van der Waals surface area contributed by atoms with E-state index in [0.29, 0.717) is 44.0 Å². The molecule has 3 fully saturated rings. The third kappa shape index (κ3) is 6.33. The Hall–Kier alpha value is -3.86. The molecule has 0 aromatic carbocycles. The molecule has 5 rings (SSSR count). The van der Waals surface area contributed by atoms with Crippen molar-refractivity contribution in [3.8, 4) is 0 Å². The molecule has 3 saturated heterocycles. The minimum atomic E-state index is -1.16. The van der Waals surface area contributed by atoms with Crippen LogP contribution in [0.4, 0.5) is 0 Å². The number of carboxylic acids is 1. The average molecular weight is 631 g/mol. The molecule has 0 radical (unpaired) electrons. The number of hydrogen-bond donors (Lipinski definition) is 4. The van der Waals surface area contributed by atoms with Crippen LogP contribution >= 0.6 is 11.8 Å². The molecule has 4 aliphatic rings. The van der Waals surface area contributed by atoms with Crippen molar-refractivity contribution >= 4 is 47.1 Å². The molecule has 0 bridgehead atoms. The number of rotatable bonds is 12. The second-order valence-electron chi connectivity index (χ2n) is 11.9. The summed E-state index contributed by atoms with van der Waals surface area (Å²) >= 11 is 1.42. The van der Waals surface area contributed by atoms with E-state index in [1.807, 2.05) is 13.8 Å². The number of nitrogens with zero attached hydrogens (tertiary/aromatic N) is 7. The maximum atomic E-state index is 13.3. The first-order chi connectivity index (χ1) is 21.0. The predicted molar refractivity (Wildman–Crippen MR) is 157 cm³/mol. The van der Waals surface area contributed by atoms with E-state index in [1.54, 1.807) is 9.80 Å². The van der Waals surface area contributed by atoms with Gasteiger partial charge in [0.2, 0.25) is 17.7 Å². The molecule has 17 heteroatoms. The van der Waals surface area contributed by atoms with E-state index >= 15 is 0 Å². The molecule has 3 amide bonds. The number of Topliss-reactive ketones (excluding diaryl/α,β-unsaturated/α-hetero) is 1. The number of carbonyl (C=O) groups excluding carboxylic acids is 4. The van der Waals surface area contributed by atoms with Crippen LogP contribution in [-0.4, -0.2) is 125 Å². The lowest BCUT2D eigenvalue weighted by molar-refractivity contribution is -0.160. The SMILES string of the molecule is C[C@@H](CC(=O)Cn1cnnn1)[C@H]1C(=O)N2C(C(=O)O)=C(S[C@@H]3CN[C@H](C(=O)N4CCN(C(=O)CCC(=N)N)CC4)C3)[C@H](C)[C@H]12. The fourth-order valence-corrected chi connectivity index (χ4v) is 8.19. The number of hydrogen-bond acceptors (Lipinski definition) is 11. The van der Waals surface area contributed by atoms with E-state index in [9.17, 15) is 29.1 Å². The largest absolute Gasteiger partial charge is 0.477 e. The van der Waals surface area contributed by atoms with E-state index in [4.69, 9.17) is 11.1 Å². The standard InChI is InChI=1S/C27H38N10O6S/c1-14(9-16(38)12-36-13-31-32-33-36)21-22-15(2)24(23(27(42)43)37(22)26(21)41)44-17-10-18(30-11-17)25(40)35-7-5-34(6-8-35)20(39)4-3-19(28)29/h13-15,17-18,21-22,30H,3-12H2,1-2H3,(H3,28,29)(H,42,43)/t14-,15+,17-,18-,21+,22+/m0/s1. The minimum Gasteiger partial charge on any atom is -0.477 e. The zero-order valence-electron chi connectivity index (χ0n) is 24.7. The Balaban J connectivity index is 1.16. The summed E-state index contributed by atoms with van der Waals surface area (Å²) in [5.41, 5.74) is 5.36. The van der Waals surface area contributed by atoms with Gasteiger partial charge in [-0.15, -0.1) is 16.9 Å². The topological polar surface area (TPSA) is 221 Å². The molecular weight excluding hydrogens is 592 g/mol. The Kier molecular flexibility index (Phi) is 9.34. The fraction of sp³-hybridized carbons (Fsp3) is 0.667. The van der Waals surface area contributed by atoms with Crippen molar-refractivity contribution < 1.29 is 29.1 Å². The van der Waals surface area contributed by atoms with Crippen LogP contribution in [-0.2, 0) is 30.5 Å². The number of fused-ring (bicyclic) bond motifs is 1. The molecule has 4 aliphatic heterocycles. The maximum Gasteiger partial charge on any atom is 0.353 e. The normalized spacial score (nSPS) is 27.3. The number of amides is 3. The number of β-lactam (4-membered cyclic amide) rings is 1. The number of aromatic nitrogens is 4. The third-order valence-corrected chi connectivity index (χ3v) is 10.4. The van der Waals surface area contributed by atoms with Gasteiger partial charge in [-0.2, -0.15) is 0 Å². The van der Waals surface area contributed by atoms with Crippen molar-refractivity contribution in [1.82, 2.24) is 40.2 Å². The lowest BCUT2D eigenvalue weighted by Crippen LogP contribution is -2.62. The van der Waals surface area contributed by atoms with Crippen LogP contribution in [0.15, 0.2) is 16.9 Å². The number of carbonyl (C=O) groups is 5. The molecule has 1 aromatic heterocycles. The molecule has 0 spiro atoms. The van der Waals surface area contributed by atoms with E-state index in [1.165, 1.54) is 27.7 Å². The molecule has 0 aliphatic carbocycles. The zero-order valence-corrected chi connectivity index (χ0v) is 25.5. The van der Waals surface area contributed by atoms with Crippen LogP contribution in [0.25, 0.3) is 0 Å². The number of piperazine rings is 1. The molecule has 0 saturated carbocycles. The molecule has 6 atom stereocenters. The molecule has 238 valence electrons. The smallest absolute Gasteiger partial charge is 0.353 e. The van der Waals surface area contributed by atoms with Gasteiger partial charge in [-0.25, -0.2) is 9.48 Å².